The SMILES string of the molecule is C=CCC(CC=C)(CC=C)c1ccc(OCCCC(CCCOc2ccc(C(CC=C)(CC=C)CC=C)cc2)(CCCOc2ccc(C(CC=C)(CC=C)CC=C)cc2)c2ccc(O)cc2)cc1. The quantitative estimate of drug-likeness (QED) is 0.0362. The van der Waals surface area contributed by atoms with Crippen LogP contribution in [0.15, 0.2) is 211 Å². The summed E-state index contributed by atoms with van der Waals surface area (Å²) in [4.78, 5) is 0. The van der Waals surface area contributed by atoms with Gasteiger partial charge in [0.1, 0.15) is 23.0 Å². The van der Waals surface area contributed by atoms with Gasteiger partial charge in [-0.05, 0) is 173 Å². The zero-order valence-corrected chi connectivity index (χ0v) is 41.2. The van der Waals surface area contributed by atoms with Gasteiger partial charge in [-0.1, -0.05) is 103 Å². The van der Waals surface area contributed by atoms with E-state index < -0.39 is 0 Å². The molecule has 0 unspecified atom stereocenters. The van der Waals surface area contributed by atoms with Crippen molar-refractivity contribution in [2.75, 3.05) is 19.8 Å². The summed E-state index contributed by atoms with van der Waals surface area (Å²) in [5.74, 6) is 2.79. The monoisotopic (exact) mass is 913 g/mol. The maximum absolute atomic E-state index is 10.4. The van der Waals surface area contributed by atoms with Crippen LogP contribution in [-0.4, -0.2) is 24.9 Å². The Bertz CT molecular complexity index is 1890. The number of hydrogen-bond acceptors (Lipinski definition) is 4. The number of hydrogen-bond donors (Lipinski definition) is 1. The lowest BCUT2D eigenvalue weighted by Crippen LogP contribution is -2.29. The first-order valence-corrected chi connectivity index (χ1v) is 24.6. The third kappa shape index (κ3) is 14.9. The summed E-state index contributed by atoms with van der Waals surface area (Å²) in [6.45, 7) is 38.1. The van der Waals surface area contributed by atoms with Crippen LogP contribution in [0, 0.1) is 0 Å². The van der Waals surface area contributed by atoms with E-state index in [1.54, 1.807) is 12.1 Å². The van der Waals surface area contributed by atoms with Gasteiger partial charge >= 0.3 is 0 Å². The van der Waals surface area contributed by atoms with Gasteiger partial charge in [0.2, 0.25) is 0 Å². The summed E-state index contributed by atoms with van der Waals surface area (Å²) in [6.07, 6.45) is 30.6. The molecule has 0 amide bonds. The lowest BCUT2D eigenvalue weighted by atomic mass is 9.70. The maximum atomic E-state index is 10.4. The molecule has 68 heavy (non-hydrogen) atoms. The molecule has 360 valence electrons. The van der Waals surface area contributed by atoms with Crippen molar-refractivity contribution < 1.29 is 19.3 Å². The molecule has 0 bridgehead atoms. The minimum atomic E-state index is -0.222. The predicted molar refractivity (Wildman–Crippen MR) is 292 cm³/mol. The summed E-state index contributed by atoms with van der Waals surface area (Å²) < 4.78 is 19.3. The third-order valence-electron chi connectivity index (χ3n) is 13.9. The second kappa shape index (κ2) is 28.2. The average molecular weight is 913 g/mol. The fourth-order valence-electron chi connectivity index (χ4n) is 10.4. The fourth-order valence-corrected chi connectivity index (χ4v) is 10.4. The topological polar surface area (TPSA) is 47.9 Å². The van der Waals surface area contributed by atoms with Gasteiger partial charge in [-0.2, -0.15) is 0 Å². The lowest BCUT2D eigenvalue weighted by Gasteiger charge is -2.35. The van der Waals surface area contributed by atoms with Gasteiger partial charge in [0.25, 0.3) is 0 Å². The Hall–Kier alpha value is -6.26. The number of rotatable bonds is 37. The Morgan fingerprint density at radius 1 is 0.309 bits per heavy atom. The molecule has 0 radical (unpaired) electrons. The molecule has 4 rings (SSSR count). The molecule has 1 N–H and O–H groups in total. The van der Waals surface area contributed by atoms with Crippen LogP contribution in [0.1, 0.15) is 119 Å². The van der Waals surface area contributed by atoms with Crippen LogP contribution in [0.25, 0.3) is 0 Å². The summed E-state index contributed by atoms with van der Waals surface area (Å²) in [6, 6.07) is 33.3. The number of allylic oxidation sites excluding steroid dienone is 9. The standard InChI is InChI=1S/C64H80O4/c1-10-38-61(39-11-2,40-12-3)54-24-32-58(33-25-54)66-50-19-47-64(53-22-30-57(65)31-23-53,48-20-51-67-59-34-26-55(27-35-59)62(41-13-4,42-14-5)43-15-6)49-21-52-68-60-36-28-56(29-37-60)63(44-16-7,45-17-8)46-18-9/h10-18,22-37,65H,1-9,19-21,38-52H2. The average Bonchev–Trinajstić information content (AvgIpc) is 3.34. The van der Waals surface area contributed by atoms with Crippen molar-refractivity contribution in [3.63, 3.8) is 0 Å². The summed E-state index contributed by atoms with van der Waals surface area (Å²) in [7, 11) is 0. The third-order valence-corrected chi connectivity index (χ3v) is 13.9. The number of aromatic hydroxyl groups is 1. The van der Waals surface area contributed by atoms with Crippen LogP contribution in [0.4, 0.5) is 0 Å². The molecule has 0 aliphatic carbocycles. The minimum Gasteiger partial charge on any atom is -0.508 e. The number of phenolic OH excluding ortho intramolecular Hbond substituents is 1. The van der Waals surface area contributed by atoms with Crippen molar-refractivity contribution in [2.45, 2.75) is 118 Å². The number of benzene rings is 4. The van der Waals surface area contributed by atoms with Gasteiger partial charge in [0.05, 0.1) is 19.8 Å². The van der Waals surface area contributed by atoms with Gasteiger partial charge in [-0.3, -0.25) is 0 Å². The van der Waals surface area contributed by atoms with Gasteiger partial charge in [0.15, 0.2) is 0 Å². The molecule has 0 fully saturated rings. The van der Waals surface area contributed by atoms with Crippen LogP contribution in [-0.2, 0) is 21.7 Å². The molecule has 0 saturated carbocycles. The highest BCUT2D eigenvalue weighted by atomic mass is 16.5. The molecular weight excluding hydrogens is 833 g/mol. The van der Waals surface area contributed by atoms with E-state index in [1.165, 1.54) is 22.3 Å². The van der Waals surface area contributed by atoms with Crippen molar-refractivity contribution in [3.8, 4) is 23.0 Å². The normalized spacial score (nSPS) is 11.7. The Labute approximate surface area is 411 Å². The fraction of sp³-hybridized carbons (Fsp3) is 0.344. The van der Waals surface area contributed by atoms with E-state index in [1.807, 2.05) is 54.7 Å². The predicted octanol–water partition coefficient (Wildman–Crippen LogP) is 17.1. The molecular formula is C64H80O4. The summed E-state index contributed by atoms with van der Waals surface area (Å²) >= 11 is 0. The molecule has 4 aromatic carbocycles. The first-order chi connectivity index (χ1) is 33.1. The van der Waals surface area contributed by atoms with Crippen LogP contribution < -0.4 is 14.2 Å². The van der Waals surface area contributed by atoms with Crippen molar-refractivity contribution in [1.29, 1.82) is 0 Å². The molecule has 0 saturated heterocycles. The zero-order chi connectivity index (χ0) is 49.1. The van der Waals surface area contributed by atoms with E-state index in [4.69, 9.17) is 14.2 Å². The second-order valence-electron chi connectivity index (χ2n) is 18.5. The van der Waals surface area contributed by atoms with Gasteiger partial charge in [0, 0.05) is 16.2 Å². The largest absolute Gasteiger partial charge is 0.508 e. The first kappa shape index (κ1) is 54.3. The summed E-state index contributed by atoms with van der Waals surface area (Å²) in [5.41, 5.74) is 4.32. The molecule has 4 nitrogen and oxygen atoms in total. The van der Waals surface area contributed by atoms with Crippen LogP contribution >= 0.6 is 0 Å². The van der Waals surface area contributed by atoms with E-state index in [-0.39, 0.29) is 27.4 Å². The molecule has 0 aliphatic rings. The van der Waals surface area contributed by atoms with E-state index >= 15 is 0 Å². The Morgan fingerprint density at radius 3 is 0.735 bits per heavy atom. The molecule has 0 aliphatic heterocycles. The van der Waals surface area contributed by atoms with Gasteiger partial charge < -0.3 is 19.3 Å². The van der Waals surface area contributed by atoms with Crippen molar-refractivity contribution in [1.82, 2.24) is 0 Å². The summed E-state index contributed by atoms with van der Waals surface area (Å²) in [5, 5.41) is 10.4. The number of phenols is 1. The van der Waals surface area contributed by atoms with Crippen LogP contribution in [0.3, 0.4) is 0 Å². The highest BCUT2D eigenvalue weighted by molar-refractivity contribution is 5.37. The van der Waals surface area contributed by atoms with Crippen LogP contribution in [0.2, 0.25) is 0 Å². The Morgan fingerprint density at radius 2 is 0.515 bits per heavy atom. The maximum Gasteiger partial charge on any atom is 0.119 e. The van der Waals surface area contributed by atoms with E-state index in [9.17, 15) is 5.11 Å². The molecule has 4 aromatic rings. The molecule has 4 heteroatoms. The highest BCUT2D eigenvalue weighted by Gasteiger charge is 2.33. The van der Waals surface area contributed by atoms with E-state index in [2.05, 4.69) is 144 Å². The van der Waals surface area contributed by atoms with E-state index in [0.717, 1.165) is 114 Å². The lowest BCUT2D eigenvalue weighted by molar-refractivity contribution is 0.220. The number of ether oxygens (including phenoxy) is 3. The van der Waals surface area contributed by atoms with Gasteiger partial charge in [-0.25, -0.2) is 0 Å². The Balaban J connectivity index is 1.54. The highest BCUT2D eigenvalue weighted by Crippen LogP contribution is 2.42. The Kier molecular flexibility index (Phi) is 22.5. The van der Waals surface area contributed by atoms with Crippen molar-refractivity contribution in [2.24, 2.45) is 0 Å². The molecule has 0 spiro atoms. The van der Waals surface area contributed by atoms with E-state index in [0.29, 0.717) is 19.8 Å². The first-order valence-electron chi connectivity index (χ1n) is 24.6. The molecule has 0 atom stereocenters. The van der Waals surface area contributed by atoms with Crippen molar-refractivity contribution >= 4 is 0 Å². The second-order valence-corrected chi connectivity index (χ2v) is 18.5. The molecule has 0 aromatic heterocycles. The van der Waals surface area contributed by atoms with Crippen LogP contribution in [0.5, 0.6) is 23.0 Å². The smallest absolute Gasteiger partial charge is 0.119 e. The minimum absolute atomic E-state index is 0.115. The molecule has 0 heterocycles. The van der Waals surface area contributed by atoms with Crippen molar-refractivity contribution in [3.05, 3.63) is 233 Å². The zero-order valence-electron chi connectivity index (χ0n) is 41.2. The van der Waals surface area contributed by atoms with Gasteiger partial charge in [-0.15, -0.1) is 59.2 Å².